The molecule has 2 fully saturated rings. The smallest absolute Gasteiger partial charge is 0.119 e. The van der Waals surface area contributed by atoms with Gasteiger partial charge in [-0.2, -0.15) is 0 Å². The Hall–Kier alpha value is -0.980. The summed E-state index contributed by atoms with van der Waals surface area (Å²) in [7, 11) is 0. The zero-order valence-corrected chi connectivity index (χ0v) is 17.4. The molecule has 0 aliphatic heterocycles. The molecule has 0 radical (unpaired) electrons. The van der Waals surface area contributed by atoms with Crippen molar-refractivity contribution in [1.82, 2.24) is 0 Å². The highest BCUT2D eigenvalue weighted by Crippen LogP contribution is 2.44. The lowest BCUT2D eigenvalue weighted by Gasteiger charge is -2.38. The molecule has 1 unspecified atom stereocenters. The maximum atomic E-state index is 5.93. The molecule has 0 spiro atoms. The van der Waals surface area contributed by atoms with Gasteiger partial charge in [-0.25, -0.2) is 0 Å². The van der Waals surface area contributed by atoms with Gasteiger partial charge in [0, 0.05) is 0 Å². The Morgan fingerprint density at radius 2 is 1.42 bits per heavy atom. The number of rotatable bonds is 7. The third-order valence-electron chi connectivity index (χ3n) is 7.29. The Labute approximate surface area is 161 Å². The summed E-state index contributed by atoms with van der Waals surface area (Å²) in [5.74, 6) is 4.90. The summed E-state index contributed by atoms with van der Waals surface area (Å²) in [6.45, 7) is 6.66. The van der Waals surface area contributed by atoms with E-state index in [1.807, 2.05) is 0 Å². The van der Waals surface area contributed by atoms with Gasteiger partial charge in [0.2, 0.25) is 0 Å². The summed E-state index contributed by atoms with van der Waals surface area (Å²) in [4.78, 5) is 0. The van der Waals surface area contributed by atoms with Gasteiger partial charge in [-0.3, -0.25) is 0 Å². The van der Waals surface area contributed by atoms with Crippen molar-refractivity contribution in [1.29, 1.82) is 0 Å². The van der Waals surface area contributed by atoms with E-state index in [2.05, 4.69) is 45.0 Å². The summed E-state index contributed by atoms with van der Waals surface area (Å²) in [6.07, 6.45) is 16.0. The van der Waals surface area contributed by atoms with Crippen molar-refractivity contribution < 1.29 is 4.74 Å². The molecule has 2 aliphatic carbocycles. The zero-order valence-electron chi connectivity index (χ0n) is 17.4. The van der Waals surface area contributed by atoms with Gasteiger partial charge in [0.15, 0.2) is 0 Å². The van der Waals surface area contributed by atoms with Crippen LogP contribution in [0, 0.1) is 17.8 Å². The molecule has 0 saturated heterocycles. The second-order valence-corrected chi connectivity index (χ2v) is 9.09. The average molecular weight is 357 g/mol. The summed E-state index contributed by atoms with van der Waals surface area (Å²) >= 11 is 0. The second kappa shape index (κ2) is 9.81. The van der Waals surface area contributed by atoms with E-state index >= 15 is 0 Å². The molecule has 26 heavy (non-hydrogen) atoms. The minimum absolute atomic E-state index is 0.309. The molecular formula is C25H40O. The van der Waals surface area contributed by atoms with Gasteiger partial charge in [0.05, 0.1) is 6.10 Å². The van der Waals surface area contributed by atoms with Gasteiger partial charge in [-0.1, -0.05) is 51.7 Å². The first-order valence-corrected chi connectivity index (χ1v) is 11.5. The van der Waals surface area contributed by atoms with Crippen LogP contribution in [0.5, 0.6) is 5.75 Å². The molecule has 3 rings (SSSR count). The molecule has 146 valence electrons. The number of benzene rings is 1. The molecule has 0 aromatic heterocycles. The molecule has 1 atom stereocenters. The van der Waals surface area contributed by atoms with E-state index in [4.69, 9.17) is 4.74 Å². The second-order valence-electron chi connectivity index (χ2n) is 9.09. The van der Waals surface area contributed by atoms with E-state index in [9.17, 15) is 0 Å². The summed E-state index contributed by atoms with van der Waals surface area (Å²) < 4.78 is 5.93. The van der Waals surface area contributed by atoms with E-state index in [0.717, 1.165) is 35.8 Å². The third-order valence-corrected chi connectivity index (χ3v) is 7.29. The van der Waals surface area contributed by atoms with E-state index < -0.39 is 0 Å². The summed E-state index contributed by atoms with van der Waals surface area (Å²) in [6, 6.07) is 9.00. The first kappa shape index (κ1) is 19.8. The van der Waals surface area contributed by atoms with Crippen LogP contribution < -0.4 is 4.74 Å². The molecule has 0 N–H and O–H groups in total. The number of ether oxygens (including phenoxy) is 1. The topological polar surface area (TPSA) is 9.23 Å². The average Bonchev–Trinajstić information content (AvgIpc) is 2.69. The van der Waals surface area contributed by atoms with E-state index in [1.54, 1.807) is 0 Å². The molecule has 0 heterocycles. The van der Waals surface area contributed by atoms with Gasteiger partial charge in [0.1, 0.15) is 5.75 Å². The standard InChI is InChI=1S/C25H40O/c1-4-6-20-7-9-21(10-8-20)22-11-13-23(14-12-22)24-15-17-25(18-16-24)26-19(3)5-2/h15-23H,4-14H2,1-3H3. The molecule has 1 aromatic carbocycles. The Morgan fingerprint density at radius 1 is 0.846 bits per heavy atom. The maximum absolute atomic E-state index is 5.93. The van der Waals surface area contributed by atoms with Crippen molar-refractivity contribution in [3.8, 4) is 5.75 Å². The van der Waals surface area contributed by atoms with Crippen LogP contribution in [0.4, 0.5) is 0 Å². The van der Waals surface area contributed by atoms with E-state index in [0.29, 0.717) is 6.10 Å². The summed E-state index contributed by atoms with van der Waals surface area (Å²) in [5, 5.41) is 0. The Bertz CT molecular complexity index is 503. The monoisotopic (exact) mass is 356 g/mol. The fourth-order valence-corrected chi connectivity index (χ4v) is 5.41. The molecule has 1 nitrogen and oxygen atoms in total. The normalized spacial score (nSPS) is 30.7. The van der Waals surface area contributed by atoms with Gasteiger partial charge in [-0.05, 0) is 93.2 Å². The van der Waals surface area contributed by atoms with Gasteiger partial charge in [0.25, 0.3) is 0 Å². The van der Waals surface area contributed by atoms with Crippen molar-refractivity contribution in [2.24, 2.45) is 17.8 Å². The Morgan fingerprint density at radius 3 is 1.96 bits per heavy atom. The largest absolute Gasteiger partial charge is 0.491 e. The molecule has 0 bridgehead atoms. The van der Waals surface area contributed by atoms with Crippen LogP contribution in [0.2, 0.25) is 0 Å². The lowest BCUT2D eigenvalue weighted by atomic mass is 9.68. The molecule has 2 saturated carbocycles. The first-order valence-electron chi connectivity index (χ1n) is 11.5. The van der Waals surface area contributed by atoms with Crippen molar-refractivity contribution >= 4 is 0 Å². The molecular weight excluding hydrogens is 316 g/mol. The minimum atomic E-state index is 0.309. The predicted octanol–water partition coefficient (Wildman–Crippen LogP) is 7.74. The highest BCUT2D eigenvalue weighted by Gasteiger charge is 2.31. The van der Waals surface area contributed by atoms with Crippen LogP contribution in [0.1, 0.15) is 103 Å². The predicted molar refractivity (Wildman–Crippen MR) is 112 cm³/mol. The van der Waals surface area contributed by atoms with Crippen LogP contribution in [-0.4, -0.2) is 6.10 Å². The van der Waals surface area contributed by atoms with Crippen molar-refractivity contribution in [2.45, 2.75) is 103 Å². The molecule has 0 amide bonds. The SMILES string of the molecule is CCCC1CCC(C2CCC(c3ccc(OC(C)CC)cc3)CC2)CC1. The van der Waals surface area contributed by atoms with Crippen molar-refractivity contribution in [3.05, 3.63) is 29.8 Å². The Kier molecular flexibility index (Phi) is 7.46. The number of hydrogen-bond donors (Lipinski definition) is 0. The van der Waals surface area contributed by atoms with Gasteiger partial charge in [-0.15, -0.1) is 0 Å². The maximum Gasteiger partial charge on any atom is 0.119 e. The third kappa shape index (κ3) is 5.27. The fraction of sp³-hybridized carbons (Fsp3) is 0.760. The van der Waals surface area contributed by atoms with E-state index in [-0.39, 0.29) is 0 Å². The van der Waals surface area contributed by atoms with Crippen LogP contribution >= 0.6 is 0 Å². The van der Waals surface area contributed by atoms with E-state index in [1.165, 1.54) is 69.8 Å². The van der Waals surface area contributed by atoms with Crippen LogP contribution in [-0.2, 0) is 0 Å². The van der Waals surface area contributed by atoms with Crippen LogP contribution in [0.15, 0.2) is 24.3 Å². The van der Waals surface area contributed by atoms with Gasteiger partial charge >= 0.3 is 0 Å². The minimum Gasteiger partial charge on any atom is -0.491 e. The van der Waals surface area contributed by atoms with Crippen LogP contribution in [0.25, 0.3) is 0 Å². The lowest BCUT2D eigenvalue weighted by Crippen LogP contribution is -2.25. The van der Waals surface area contributed by atoms with Gasteiger partial charge < -0.3 is 4.74 Å². The van der Waals surface area contributed by atoms with Crippen molar-refractivity contribution in [2.75, 3.05) is 0 Å². The van der Waals surface area contributed by atoms with Crippen LogP contribution in [0.3, 0.4) is 0 Å². The zero-order chi connectivity index (χ0) is 18.4. The first-order chi connectivity index (χ1) is 12.7. The fourth-order valence-electron chi connectivity index (χ4n) is 5.41. The molecule has 1 aromatic rings. The Balaban J connectivity index is 1.45. The van der Waals surface area contributed by atoms with Crippen molar-refractivity contribution in [3.63, 3.8) is 0 Å². The highest BCUT2D eigenvalue weighted by atomic mass is 16.5. The number of hydrogen-bond acceptors (Lipinski definition) is 1. The lowest BCUT2D eigenvalue weighted by molar-refractivity contribution is 0.156. The quantitative estimate of drug-likeness (QED) is 0.485. The molecule has 1 heteroatoms. The molecule has 2 aliphatic rings. The summed E-state index contributed by atoms with van der Waals surface area (Å²) in [5.41, 5.74) is 1.53. The highest BCUT2D eigenvalue weighted by molar-refractivity contribution is 5.30.